The highest BCUT2D eigenvalue weighted by atomic mass is 16.5. The molecule has 3 fully saturated rings. The van der Waals surface area contributed by atoms with E-state index in [1.807, 2.05) is 0 Å². The molecule has 4 rings (SSSR count). The second-order valence-electron chi connectivity index (χ2n) is 8.99. The van der Waals surface area contributed by atoms with Crippen LogP contribution in [0.4, 0.5) is 0 Å². The third-order valence-corrected chi connectivity index (χ3v) is 6.68. The fraction of sp³-hybridized carbons (Fsp3) is 0.609. The van der Waals surface area contributed by atoms with Crippen LogP contribution in [0, 0.1) is 25.7 Å². The van der Waals surface area contributed by atoms with Gasteiger partial charge in [-0.15, -0.1) is 0 Å². The lowest BCUT2D eigenvalue weighted by Crippen LogP contribution is -2.42. The number of ether oxygens (including phenoxy) is 1. The van der Waals surface area contributed by atoms with E-state index in [0.29, 0.717) is 31.3 Å². The molecule has 3 aliphatic rings. The summed E-state index contributed by atoms with van der Waals surface area (Å²) in [5.41, 5.74) is 3.29. The maximum Gasteiger partial charge on any atom is 0.304 e. The number of carbonyl (C=O) groups excluding carboxylic acids is 1. The average Bonchev–Trinajstić information content (AvgIpc) is 3.32. The van der Waals surface area contributed by atoms with Gasteiger partial charge in [-0.2, -0.15) is 0 Å². The number of carboxylic acids is 1. The van der Waals surface area contributed by atoms with Crippen LogP contribution in [-0.2, 0) is 25.5 Å². The summed E-state index contributed by atoms with van der Waals surface area (Å²) in [7, 11) is 0. The Hall–Kier alpha value is -2.45. The Balaban J connectivity index is 0.000000858. The first-order valence-corrected chi connectivity index (χ1v) is 10.8. The minimum Gasteiger partial charge on any atom is -0.483 e. The van der Waals surface area contributed by atoms with Crippen molar-refractivity contribution < 1.29 is 29.3 Å². The molecule has 1 aromatic carbocycles. The molecule has 3 heterocycles. The zero-order chi connectivity index (χ0) is 22.6. The van der Waals surface area contributed by atoms with E-state index in [-0.39, 0.29) is 30.5 Å². The molecule has 3 N–H and O–H groups in total. The van der Waals surface area contributed by atoms with Crippen LogP contribution in [0.15, 0.2) is 18.2 Å². The van der Waals surface area contributed by atoms with E-state index >= 15 is 0 Å². The van der Waals surface area contributed by atoms with Gasteiger partial charge in [-0.05, 0) is 32.3 Å². The highest BCUT2D eigenvalue weighted by Gasteiger charge is 2.62. The van der Waals surface area contributed by atoms with Crippen molar-refractivity contribution in [3.63, 3.8) is 0 Å². The molecule has 0 saturated carbocycles. The van der Waals surface area contributed by atoms with Gasteiger partial charge in [0.1, 0.15) is 0 Å². The van der Waals surface area contributed by atoms with Crippen molar-refractivity contribution >= 4 is 18.3 Å². The number of rotatable bonds is 7. The normalized spacial score (nSPS) is 28.5. The molecule has 3 saturated heterocycles. The highest BCUT2D eigenvalue weighted by Crippen LogP contribution is 2.54. The average molecular weight is 433 g/mol. The van der Waals surface area contributed by atoms with Gasteiger partial charge in [-0.1, -0.05) is 29.3 Å². The molecule has 31 heavy (non-hydrogen) atoms. The van der Waals surface area contributed by atoms with Crippen molar-refractivity contribution in [2.45, 2.75) is 51.2 Å². The predicted octanol–water partition coefficient (Wildman–Crippen LogP) is 1.62. The molecular weight excluding hydrogens is 400 g/mol. The zero-order valence-corrected chi connectivity index (χ0v) is 18.2. The molecule has 4 atom stereocenters. The summed E-state index contributed by atoms with van der Waals surface area (Å²) in [6, 6.07) is 6.25. The van der Waals surface area contributed by atoms with E-state index in [4.69, 9.17) is 19.7 Å². The number of benzene rings is 1. The number of carbonyl (C=O) groups is 3. The Labute approximate surface area is 182 Å². The van der Waals surface area contributed by atoms with Crippen molar-refractivity contribution in [1.29, 1.82) is 0 Å². The molecule has 2 bridgehead atoms. The summed E-state index contributed by atoms with van der Waals surface area (Å²) in [5.74, 6) is 0.0193. The lowest BCUT2D eigenvalue weighted by atomic mass is 9.73. The Kier molecular flexibility index (Phi) is 7.33. The molecule has 8 nitrogen and oxygen atoms in total. The molecule has 170 valence electrons. The van der Waals surface area contributed by atoms with Crippen molar-refractivity contribution in [1.82, 2.24) is 10.2 Å². The molecule has 1 aromatic rings. The molecule has 0 radical (unpaired) electrons. The number of carboxylic acid groups (broad SMARTS) is 2. The topological polar surface area (TPSA) is 116 Å². The second kappa shape index (κ2) is 9.78. The number of amides is 1. The van der Waals surface area contributed by atoms with Gasteiger partial charge in [-0.25, -0.2) is 0 Å². The Bertz CT molecular complexity index is 808. The van der Waals surface area contributed by atoms with E-state index in [2.05, 4.69) is 42.3 Å². The van der Waals surface area contributed by atoms with E-state index in [1.165, 1.54) is 11.1 Å². The highest BCUT2D eigenvalue weighted by molar-refractivity contribution is 5.78. The van der Waals surface area contributed by atoms with Crippen LogP contribution >= 0.6 is 0 Å². The Morgan fingerprint density at radius 3 is 2.61 bits per heavy atom. The monoisotopic (exact) mass is 432 g/mol. The summed E-state index contributed by atoms with van der Waals surface area (Å²) in [5, 5.41) is 19.0. The number of aryl methyl sites for hydroxylation is 2. The fourth-order valence-corrected chi connectivity index (χ4v) is 5.63. The van der Waals surface area contributed by atoms with Crippen LogP contribution in [0.2, 0.25) is 0 Å². The molecule has 0 unspecified atom stereocenters. The summed E-state index contributed by atoms with van der Waals surface area (Å²) < 4.78 is 6.38. The lowest BCUT2D eigenvalue weighted by molar-refractivity contribution is -0.137. The summed E-state index contributed by atoms with van der Waals surface area (Å²) in [4.78, 5) is 34.0. The van der Waals surface area contributed by atoms with Crippen molar-refractivity contribution in [2.75, 3.05) is 26.2 Å². The smallest absolute Gasteiger partial charge is 0.304 e. The number of hydrogen-bond donors (Lipinski definition) is 3. The maximum atomic E-state index is 12.5. The second-order valence-corrected chi connectivity index (χ2v) is 8.99. The molecular formula is C23H32N2O6. The standard InChI is InChI=1S/C22H30N2O4.CH2O2/c1-14-7-15(2)9-16(8-14)10-20(25)23-11-17-18-12-24(6-4-21(26)27)13-22(18)5-3-19(17)28-22;2-1-3/h7-9,17-19H,3-6,10-13H2,1-2H3,(H,23,25)(H,26,27);1H,(H,2,3)/t17-,18+,19+,22+;/m0./s1. The lowest BCUT2D eigenvalue weighted by Gasteiger charge is -2.29. The molecule has 8 heteroatoms. The third kappa shape index (κ3) is 5.43. The van der Waals surface area contributed by atoms with Crippen LogP contribution in [-0.4, -0.2) is 71.3 Å². The molecule has 1 amide bonds. The quantitative estimate of drug-likeness (QED) is 0.561. The summed E-state index contributed by atoms with van der Waals surface area (Å²) >= 11 is 0. The van der Waals surface area contributed by atoms with Crippen LogP contribution in [0.1, 0.15) is 36.0 Å². The van der Waals surface area contributed by atoms with Gasteiger partial charge in [0, 0.05) is 38.0 Å². The number of aliphatic carboxylic acids is 1. The van der Waals surface area contributed by atoms with Crippen LogP contribution in [0.25, 0.3) is 0 Å². The number of fused-ring (bicyclic) bond motifs is 1. The van der Waals surface area contributed by atoms with E-state index < -0.39 is 5.97 Å². The summed E-state index contributed by atoms with van der Waals surface area (Å²) in [6.45, 7) is 6.78. The zero-order valence-electron chi connectivity index (χ0n) is 18.2. The van der Waals surface area contributed by atoms with Gasteiger partial charge >= 0.3 is 5.97 Å². The van der Waals surface area contributed by atoms with Crippen LogP contribution in [0.5, 0.6) is 0 Å². The van der Waals surface area contributed by atoms with Crippen molar-refractivity contribution in [3.8, 4) is 0 Å². The first-order valence-electron chi connectivity index (χ1n) is 10.8. The minimum absolute atomic E-state index is 0.0579. The van der Waals surface area contributed by atoms with Gasteiger partial charge in [0.05, 0.1) is 24.5 Å². The Morgan fingerprint density at radius 2 is 1.97 bits per heavy atom. The molecule has 3 aliphatic heterocycles. The number of nitrogens with zero attached hydrogens (tertiary/aromatic N) is 1. The fourth-order valence-electron chi connectivity index (χ4n) is 5.63. The van der Waals surface area contributed by atoms with Crippen LogP contribution < -0.4 is 5.32 Å². The van der Waals surface area contributed by atoms with Gasteiger partial charge in [0.15, 0.2) is 0 Å². The maximum absolute atomic E-state index is 12.5. The van der Waals surface area contributed by atoms with E-state index in [1.54, 1.807) is 0 Å². The van der Waals surface area contributed by atoms with Crippen molar-refractivity contribution in [2.24, 2.45) is 11.8 Å². The SMILES string of the molecule is Cc1cc(C)cc(CC(=O)NC[C@H]2[C@H]3CN(CCC(=O)O)C[C@]34CC[C@H]2O4)c1.O=CO. The number of likely N-dealkylation sites (tertiary alicyclic amines) is 1. The number of hydrogen-bond acceptors (Lipinski definition) is 5. The van der Waals surface area contributed by atoms with Gasteiger partial charge in [0.25, 0.3) is 6.47 Å². The van der Waals surface area contributed by atoms with Gasteiger partial charge < -0.3 is 20.3 Å². The largest absolute Gasteiger partial charge is 0.483 e. The predicted molar refractivity (Wildman–Crippen MR) is 114 cm³/mol. The van der Waals surface area contributed by atoms with E-state index in [0.717, 1.165) is 31.5 Å². The number of nitrogens with one attached hydrogen (secondary N) is 1. The third-order valence-electron chi connectivity index (χ3n) is 6.68. The first kappa shape index (κ1) is 23.2. The minimum atomic E-state index is -0.755. The first-order chi connectivity index (χ1) is 14.8. The molecule has 0 aliphatic carbocycles. The molecule has 0 aromatic heterocycles. The Morgan fingerprint density at radius 1 is 1.29 bits per heavy atom. The summed E-state index contributed by atoms with van der Waals surface area (Å²) in [6.07, 6.45) is 2.90. The van der Waals surface area contributed by atoms with Crippen LogP contribution in [0.3, 0.4) is 0 Å². The van der Waals surface area contributed by atoms with Gasteiger partial charge in [-0.3, -0.25) is 19.3 Å². The van der Waals surface area contributed by atoms with Crippen molar-refractivity contribution in [3.05, 3.63) is 34.9 Å². The molecule has 1 spiro atoms. The van der Waals surface area contributed by atoms with E-state index in [9.17, 15) is 9.59 Å². The van der Waals surface area contributed by atoms with Gasteiger partial charge in [0.2, 0.25) is 5.91 Å².